The Hall–Kier alpha value is -2.23. The molecular weight excluding hydrogens is 210 g/mol. The minimum atomic E-state index is -1.43. The molecule has 0 saturated heterocycles. The third-order valence-corrected chi connectivity index (χ3v) is 1.67. The number of benzene rings is 1. The van der Waals surface area contributed by atoms with Crippen LogP contribution in [0.15, 0.2) is 6.07 Å². The second-order valence-electron chi connectivity index (χ2n) is 2.47. The van der Waals surface area contributed by atoms with Crippen LogP contribution in [0, 0.1) is 33.1 Å². The zero-order chi connectivity index (χ0) is 11.6. The Bertz CT molecular complexity index is 468. The first kappa shape index (κ1) is 10.8. The van der Waals surface area contributed by atoms with Gasteiger partial charge in [-0.3, -0.25) is 10.1 Å². The fourth-order valence-corrected chi connectivity index (χ4v) is 1.03. The summed E-state index contributed by atoms with van der Waals surface area (Å²) in [6.07, 6.45) is 0. The van der Waals surface area contributed by atoms with Crippen molar-refractivity contribution in [3.63, 3.8) is 0 Å². The average Bonchev–Trinajstić information content (AvgIpc) is 2.20. The van der Waals surface area contributed by atoms with Gasteiger partial charge in [-0.25, -0.2) is 4.39 Å². The van der Waals surface area contributed by atoms with Gasteiger partial charge in [0.1, 0.15) is 6.07 Å². The summed E-state index contributed by atoms with van der Waals surface area (Å²) in [7, 11) is 0.989. The van der Waals surface area contributed by atoms with Crippen LogP contribution in [0.4, 0.5) is 14.5 Å². The Morgan fingerprint density at radius 1 is 1.60 bits per heavy atom. The van der Waals surface area contributed by atoms with Crippen LogP contribution >= 0.6 is 0 Å². The summed E-state index contributed by atoms with van der Waals surface area (Å²) >= 11 is 0. The van der Waals surface area contributed by atoms with Crippen LogP contribution in [0.5, 0.6) is 5.75 Å². The Kier molecular flexibility index (Phi) is 2.80. The zero-order valence-corrected chi connectivity index (χ0v) is 7.45. The minimum absolute atomic E-state index is 0.344. The molecule has 1 aromatic rings. The van der Waals surface area contributed by atoms with Crippen molar-refractivity contribution in [1.29, 1.82) is 5.26 Å². The first-order chi connectivity index (χ1) is 7.02. The molecule has 0 saturated carbocycles. The van der Waals surface area contributed by atoms with Gasteiger partial charge in [0.15, 0.2) is 17.1 Å². The number of hydrogen-bond donors (Lipinski definition) is 0. The maximum absolute atomic E-state index is 13.0. The molecule has 0 spiro atoms. The van der Waals surface area contributed by atoms with Gasteiger partial charge in [-0.1, -0.05) is 0 Å². The van der Waals surface area contributed by atoms with E-state index < -0.39 is 33.6 Å². The fourth-order valence-electron chi connectivity index (χ4n) is 1.03. The molecule has 1 aromatic carbocycles. The number of methoxy groups -OCH3 is 1. The van der Waals surface area contributed by atoms with Crippen LogP contribution in [-0.4, -0.2) is 12.0 Å². The number of nitriles is 1. The van der Waals surface area contributed by atoms with E-state index in [1.54, 1.807) is 0 Å². The summed E-state index contributed by atoms with van der Waals surface area (Å²) in [5.41, 5.74) is -1.46. The number of nitrogens with zero attached hydrogens (tertiary/aromatic N) is 2. The van der Waals surface area contributed by atoms with E-state index in [2.05, 4.69) is 4.74 Å². The van der Waals surface area contributed by atoms with Gasteiger partial charge in [-0.15, -0.1) is 0 Å². The average molecular weight is 214 g/mol. The highest BCUT2D eigenvalue weighted by molar-refractivity contribution is 5.57. The minimum Gasteiger partial charge on any atom is -0.492 e. The Balaban J connectivity index is 3.64. The summed E-state index contributed by atoms with van der Waals surface area (Å²) in [5.74, 6) is -3.61. The van der Waals surface area contributed by atoms with Crippen molar-refractivity contribution in [2.75, 3.05) is 7.11 Å². The standard InChI is InChI=1S/C8H4F2N2O3/c1-15-8-4(3-11)6(12(13)14)2-5(9)7(8)10/h2H,1H3. The normalized spacial score (nSPS) is 9.47. The number of halogens is 2. The molecule has 0 aliphatic rings. The molecule has 0 amide bonds. The molecule has 78 valence electrons. The van der Waals surface area contributed by atoms with Gasteiger partial charge in [0.2, 0.25) is 5.82 Å². The van der Waals surface area contributed by atoms with Crippen molar-refractivity contribution in [1.82, 2.24) is 0 Å². The van der Waals surface area contributed by atoms with Crippen molar-refractivity contribution in [3.8, 4) is 11.8 Å². The molecule has 0 atom stereocenters. The van der Waals surface area contributed by atoms with E-state index >= 15 is 0 Å². The van der Waals surface area contributed by atoms with Crippen LogP contribution in [0.25, 0.3) is 0 Å². The third kappa shape index (κ3) is 1.69. The number of rotatable bonds is 2. The Labute approximate surface area is 82.7 Å². The van der Waals surface area contributed by atoms with E-state index in [-0.39, 0.29) is 0 Å². The number of nitro benzene ring substituents is 1. The number of hydrogen-bond acceptors (Lipinski definition) is 4. The molecule has 0 unspecified atom stereocenters. The van der Waals surface area contributed by atoms with E-state index in [0.717, 1.165) is 7.11 Å². The number of ether oxygens (including phenoxy) is 1. The van der Waals surface area contributed by atoms with Crippen molar-refractivity contribution >= 4 is 5.69 Å². The Morgan fingerprint density at radius 3 is 2.60 bits per heavy atom. The molecule has 0 bridgehead atoms. The van der Waals surface area contributed by atoms with Gasteiger partial charge in [-0.05, 0) is 0 Å². The summed E-state index contributed by atoms with van der Waals surface area (Å²) in [5, 5.41) is 19.0. The monoisotopic (exact) mass is 214 g/mol. The fraction of sp³-hybridized carbons (Fsp3) is 0.125. The lowest BCUT2D eigenvalue weighted by Gasteiger charge is -2.04. The molecule has 0 N–H and O–H groups in total. The zero-order valence-electron chi connectivity index (χ0n) is 7.45. The molecule has 15 heavy (non-hydrogen) atoms. The molecule has 0 heterocycles. The summed E-state index contributed by atoms with van der Waals surface area (Å²) < 4.78 is 30.3. The summed E-state index contributed by atoms with van der Waals surface area (Å²) in [4.78, 5) is 9.44. The third-order valence-electron chi connectivity index (χ3n) is 1.67. The molecule has 7 heteroatoms. The molecule has 0 aliphatic heterocycles. The maximum Gasteiger partial charge on any atom is 0.294 e. The second-order valence-corrected chi connectivity index (χ2v) is 2.47. The van der Waals surface area contributed by atoms with E-state index in [1.165, 1.54) is 6.07 Å². The first-order valence-corrected chi connectivity index (χ1v) is 3.63. The maximum atomic E-state index is 13.0. The van der Waals surface area contributed by atoms with Crippen LogP contribution in [-0.2, 0) is 0 Å². The lowest BCUT2D eigenvalue weighted by atomic mass is 10.1. The largest absolute Gasteiger partial charge is 0.492 e. The van der Waals surface area contributed by atoms with Gasteiger partial charge in [0.25, 0.3) is 5.69 Å². The Morgan fingerprint density at radius 2 is 2.20 bits per heavy atom. The van der Waals surface area contributed by atoms with Crippen molar-refractivity contribution in [2.24, 2.45) is 0 Å². The van der Waals surface area contributed by atoms with Crippen LogP contribution in [0.3, 0.4) is 0 Å². The topological polar surface area (TPSA) is 76.2 Å². The molecular formula is C8H4F2N2O3. The van der Waals surface area contributed by atoms with Crippen LogP contribution in [0.2, 0.25) is 0 Å². The quantitative estimate of drug-likeness (QED) is 0.555. The van der Waals surface area contributed by atoms with E-state index in [0.29, 0.717) is 6.07 Å². The SMILES string of the molecule is COc1c(F)c(F)cc([N+](=O)[O-])c1C#N. The molecule has 0 radical (unpaired) electrons. The lowest BCUT2D eigenvalue weighted by molar-refractivity contribution is -0.385. The van der Waals surface area contributed by atoms with Gasteiger partial charge in [0, 0.05) is 0 Å². The second kappa shape index (κ2) is 3.88. The molecule has 1 rings (SSSR count). The van der Waals surface area contributed by atoms with Gasteiger partial charge in [0.05, 0.1) is 18.1 Å². The molecule has 0 aromatic heterocycles. The van der Waals surface area contributed by atoms with E-state index in [1.807, 2.05) is 0 Å². The lowest BCUT2D eigenvalue weighted by Crippen LogP contribution is -2.01. The van der Waals surface area contributed by atoms with Crippen molar-refractivity contribution < 1.29 is 18.4 Å². The predicted molar refractivity (Wildman–Crippen MR) is 44.3 cm³/mol. The van der Waals surface area contributed by atoms with Crippen molar-refractivity contribution in [3.05, 3.63) is 33.4 Å². The van der Waals surface area contributed by atoms with Gasteiger partial charge < -0.3 is 4.74 Å². The van der Waals surface area contributed by atoms with Crippen LogP contribution < -0.4 is 4.74 Å². The first-order valence-electron chi connectivity index (χ1n) is 3.63. The molecule has 0 aliphatic carbocycles. The number of nitro groups is 1. The summed E-state index contributed by atoms with van der Waals surface area (Å²) in [6, 6.07) is 1.73. The van der Waals surface area contributed by atoms with Gasteiger partial charge in [-0.2, -0.15) is 9.65 Å². The highest BCUT2D eigenvalue weighted by Crippen LogP contribution is 2.32. The molecule has 0 fully saturated rings. The highest BCUT2D eigenvalue weighted by Gasteiger charge is 2.25. The molecule has 5 nitrogen and oxygen atoms in total. The predicted octanol–water partition coefficient (Wildman–Crippen LogP) is 1.75. The van der Waals surface area contributed by atoms with Crippen LogP contribution in [0.1, 0.15) is 5.56 Å². The van der Waals surface area contributed by atoms with Crippen molar-refractivity contribution in [2.45, 2.75) is 0 Å². The van der Waals surface area contributed by atoms with E-state index in [4.69, 9.17) is 5.26 Å². The van der Waals surface area contributed by atoms with Gasteiger partial charge >= 0.3 is 0 Å². The van der Waals surface area contributed by atoms with E-state index in [9.17, 15) is 18.9 Å². The summed E-state index contributed by atoms with van der Waals surface area (Å²) in [6.45, 7) is 0. The smallest absolute Gasteiger partial charge is 0.294 e. The highest BCUT2D eigenvalue weighted by atomic mass is 19.2.